The van der Waals surface area contributed by atoms with Gasteiger partial charge >= 0.3 is 7.60 Å². The monoisotopic (exact) mass is 457 g/mol. The van der Waals surface area contributed by atoms with E-state index in [2.05, 4.69) is 9.97 Å². The number of aliphatic hydroxyl groups is 2. The summed E-state index contributed by atoms with van der Waals surface area (Å²) in [5.74, 6) is 0. The highest BCUT2D eigenvalue weighted by molar-refractivity contribution is 7.53. The number of nitrogens with one attached hydrogen (secondary N) is 1. The van der Waals surface area contributed by atoms with E-state index in [1.807, 2.05) is 13.8 Å². The van der Waals surface area contributed by atoms with Crippen molar-refractivity contribution in [1.82, 2.24) is 19.1 Å². The van der Waals surface area contributed by atoms with Crippen molar-refractivity contribution >= 4 is 18.8 Å². The van der Waals surface area contributed by atoms with E-state index < -0.39 is 43.4 Å². The molecule has 31 heavy (non-hydrogen) atoms. The summed E-state index contributed by atoms with van der Waals surface area (Å²) in [6.07, 6.45) is -0.429. The van der Waals surface area contributed by atoms with Crippen molar-refractivity contribution in [1.29, 1.82) is 5.41 Å². The zero-order valence-corrected chi connectivity index (χ0v) is 19.4. The Morgan fingerprint density at radius 2 is 2.00 bits per heavy atom. The van der Waals surface area contributed by atoms with Crippen LogP contribution in [0.3, 0.4) is 0 Å². The smallest absolute Gasteiger partial charge is 0.331 e. The molecule has 1 aliphatic rings. The molecule has 0 saturated carbocycles. The van der Waals surface area contributed by atoms with Crippen molar-refractivity contribution in [3.63, 3.8) is 0 Å². The molecule has 2 aromatic rings. The summed E-state index contributed by atoms with van der Waals surface area (Å²) < 4.78 is 27.3. The molecule has 1 aliphatic heterocycles. The van der Waals surface area contributed by atoms with Gasteiger partial charge in [0.2, 0.25) is 0 Å². The third kappa shape index (κ3) is 4.48. The lowest BCUT2D eigenvalue weighted by Crippen LogP contribution is -2.38. The highest BCUT2D eigenvalue weighted by Gasteiger charge is 2.48. The molecule has 0 amide bonds. The van der Waals surface area contributed by atoms with E-state index in [9.17, 15) is 19.7 Å². The summed E-state index contributed by atoms with van der Waals surface area (Å²) in [5.41, 5.74) is -0.703. The third-order valence-electron chi connectivity index (χ3n) is 6.19. The van der Waals surface area contributed by atoms with Crippen LogP contribution in [0, 0.1) is 5.41 Å². The number of aliphatic hydroxyl groups excluding tert-OH is 2. The minimum absolute atomic E-state index is 0.109. The quantitative estimate of drug-likeness (QED) is 0.434. The summed E-state index contributed by atoms with van der Waals surface area (Å²) in [4.78, 5) is 18.8. The van der Waals surface area contributed by atoms with E-state index in [-0.39, 0.29) is 11.9 Å². The molecule has 1 fully saturated rings. The first-order chi connectivity index (χ1) is 14.4. The fraction of sp³-hybridized carbons (Fsp3) is 0.737. The van der Waals surface area contributed by atoms with Gasteiger partial charge in [0, 0.05) is 13.5 Å². The molecule has 0 aliphatic carbocycles. The lowest BCUT2D eigenvalue weighted by Gasteiger charge is -2.35. The molecule has 0 radical (unpaired) electrons. The molecule has 174 valence electrons. The average molecular weight is 457 g/mol. The van der Waals surface area contributed by atoms with Crippen LogP contribution in [0.4, 0.5) is 0 Å². The van der Waals surface area contributed by atoms with Gasteiger partial charge in [-0.3, -0.25) is 14.5 Å². The molecule has 7 unspecified atom stereocenters. The number of ether oxygens (including phenoxy) is 1. The van der Waals surface area contributed by atoms with E-state index >= 15 is 0 Å². The second-order valence-electron chi connectivity index (χ2n) is 8.49. The van der Waals surface area contributed by atoms with Crippen LogP contribution in [-0.4, -0.2) is 63.8 Å². The molecule has 12 heteroatoms. The van der Waals surface area contributed by atoms with Crippen LogP contribution >= 0.6 is 7.60 Å². The molecule has 0 spiro atoms. The molecule has 0 bridgehead atoms. The van der Waals surface area contributed by atoms with Crippen LogP contribution in [0.25, 0.3) is 11.2 Å². The lowest BCUT2D eigenvalue weighted by molar-refractivity contribution is -0.0654. The first-order valence-electron chi connectivity index (χ1n) is 10.4. The average Bonchev–Trinajstić information content (AvgIpc) is 3.26. The Bertz CT molecular complexity index is 1040. The van der Waals surface area contributed by atoms with E-state index in [4.69, 9.17) is 14.7 Å². The molecular weight excluding hydrogens is 425 g/mol. The number of hydrogen-bond donors (Lipinski definition) is 4. The Hall–Kier alpha value is -1.62. The number of fused-ring (bicyclic) bond motifs is 1. The van der Waals surface area contributed by atoms with Crippen LogP contribution in [0.15, 0.2) is 12.7 Å². The summed E-state index contributed by atoms with van der Waals surface area (Å²) in [6, 6.07) is 0. The van der Waals surface area contributed by atoms with Gasteiger partial charge in [-0.2, -0.15) is 0 Å². The molecule has 7 atom stereocenters. The first-order valence-corrected chi connectivity index (χ1v) is 12.1. The molecular formula is C19H32N5O6P. The van der Waals surface area contributed by atoms with Crippen LogP contribution in [0.1, 0.15) is 53.2 Å². The predicted molar refractivity (Wildman–Crippen MR) is 112 cm³/mol. The number of rotatable bonds is 8. The maximum atomic E-state index is 12.6. The van der Waals surface area contributed by atoms with Gasteiger partial charge in [0.25, 0.3) is 0 Å². The topological polar surface area (TPSA) is 156 Å². The molecule has 0 aromatic carbocycles. The SMILES string of the molecule is CCC(C)P(=O)(O)OC(C)(CC)CC1OC(n2cnc3c(=N)n(C)cnc32)C(O)C1O. The van der Waals surface area contributed by atoms with E-state index in [1.165, 1.54) is 21.8 Å². The highest BCUT2D eigenvalue weighted by atomic mass is 31.2. The largest absolute Gasteiger partial charge is 0.388 e. The molecule has 3 rings (SSSR count). The van der Waals surface area contributed by atoms with Crippen molar-refractivity contribution in [2.24, 2.45) is 7.05 Å². The fourth-order valence-corrected chi connectivity index (χ4v) is 5.11. The summed E-state index contributed by atoms with van der Waals surface area (Å²) in [6.45, 7) is 7.01. The third-order valence-corrected chi connectivity index (χ3v) is 8.37. The Morgan fingerprint density at radius 1 is 1.32 bits per heavy atom. The van der Waals surface area contributed by atoms with Gasteiger partial charge in [0.1, 0.15) is 17.7 Å². The second kappa shape index (κ2) is 8.73. The summed E-state index contributed by atoms with van der Waals surface area (Å²) in [7, 11) is -2.19. The first kappa shape index (κ1) is 24.0. The van der Waals surface area contributed by atoms with Gasteiger partial charge in [-0.1, -0.05) is 20.8 Å². The molecule has 3 heterocycles. The van der Waals surface area contributed by atoms with Crippen molar-refractivity contribution in [3.05, 3.63) is 18.1 Å². The normalized spacial score (nSPS) is 29.0. The maximum absolute atomic E-state index is 12.6. The number of aromatic nitrogens is 4. The van der Waals surface area contributed by atoms with Gasteiger partial charge in [-0.15, -0.1) is 0 Å². The van der Waals surface area contributed by atoms with Crippen LogP contribution in [0.2, 0.25) is 0 Å². The minimum Gasteiger partial charge on any atom is -0.388 e. The summed E-state index contributed by atoms with van der Waals surface area (Å²) in [5, 5.41) is 29.4. The Morgan fingerprint density at radius 3 is 2.61 bits per heavy atom. The molecule has 2 aromatic heterocycles. The Balaban J connectivity index is 1.84. The van der Waals surface area contributed by atoms with E-state index in [1.54, 1.807) is 20.9 Å². The van der Waals surface area contributed by atoms with Crippen molar-refractivity contribution in [2.45, 2.75) is 82.8 Å². The maximum Gasteiger partial charge on any atom is 0.331 e. The Labute approximate surface area is 180 Å². The number of hydrogen-bond acceptors (Lipinski definition) is 8. The van der Waals surface area contributed by atoms with Crippen LogP contribution in [0.5, 0.6) is 0 Å². The number of imidazole rings is 1. The van der Waals surface area contributed by atoms with E-state index in [0.29, 0.717) is 24.0 Å². The van der Waals surface area contributed by atoms with Gasteiger partial charge in [0.05, 0.1) is 30.0 Å². The summed E-state index contributed by atoms with van der Waals surface area (Å²) >= 11 is 0. The van der Waals surface area contributed by atoms with Gasteiger partial charge in [-0.05, 0) is 19.8 Å². The zero-order valence-electron chi connectivity index (χ0n) is 18.5. The second-order valence-corrected chi connectivity index (χ2v) is 10.7. The number of aryl methyl sites for hydroxylation is 1. The zero-order chi connectivity index (χ0) is 23.1. The minimum atomic E-state index is -3.87. The lowest BCUT2D eigenvalue weighted by atomic mass is 9.93. The van der Waals surface area contributed by atoms with Crippen molar-refractivity contribution < 1.29 is 28.9 Å². The van der Waals surface area contributed by atoms with Crippen LogP contribution in [-0.2, 0) is 20.9 Å². The van der Waals surface area contributed by atoms with Gasteiger partial charge in [0.15, 0.2) is 17.4 Å². The van der Waals surface area contributed by atoms with E-state index in [0.717, 1.165) is 0 Å². The number of nitrogens with zero attached hydrogens (tertiary/aromatic N) is 4. The predicted octanol–water partition coefficient (Wildman–Crippen LogP) is 1.43. The molecule has 1 saturated heterocycles. The van der Waals surface area contributed by atoms with Crippen LogP contribution < -0.4 is 5.49 Å². The molecule has 11 nitrogen and oxygen atoms in total. The Kier molecular flexibility index (Phi) is 6.76. The standard InChI is InChI=1S/C19H32N5O6P/c1-6-11(3)31(27,28)30-19(4,7-2)8-12-14(25)15(26)18(29-12)24-10-21-13-16(20)23(5)9-22-17(13)24/h9-12,14-15,18,20,25-26H,6-8H2,1-5H3,(H,27,28). The molecule has 4 N–H and O–H groups in total. The van der Waals surface area contributed by atoms with Crippen molar-refractivity contribution in [3.8, 4) is 0 Å². The van der Waals surface area contributed by atoms with Gasteiger partial charge < -0.3 is 28.9 Å². The van der Waals surface area contributed by atoms with Gasteiger partial charge in [-0.25, -0.2) is 9.97 Å². The fourth-order valence-electron chi connectivity index (χ4n) is 3.64. The highest BCUT2D eigenvalue weighted by Crippen LogP contribution is 2.54. The van der Waals surface area contributed by atoms with Crippen molar-refractivity contribution in [2.75, 3.05) is 0 Å².